The molecule has 0 bridgehead atoms. The van der Waals surface area contributed by atoms with Gasteiger partial charge in [-0.3, -0.25) is 0 Å². The van der Waals surface area contributed by atoms with Crippen molar-refractivity contribution in [1.82, 2.24) is 0 Å². The van der Waals surface area contributed by atoms with Crippen LogP contribution in [-0.4, -0.2) is 0 Å². The van der Waals surface area contributed by atoms with Gasteiger partial charge in [0.2, 0.25) is 0 Å². The molecule has 8 aromatic rings. The van der Waals surface area contributed by atoms with E-state index in [-0.39, 0.29) is 0 Å². The standard InChI is InChI=1S/C36H22S/c1-2-11-24(12-3-1)34-27-14-6-8-16-29(27)35(30-17-9-7-15-28(30)34)25-19-21-33-32(22-25)31-20-18-23-10-4-5-13-26(23)36(31)37-33/h1-22H. The summed E-state index contributed by atoms with van der Waals surface area (Å²) in [5, 5.41) is 10.5. The van der Waals surface area contributed by atoms with E-state index in [1.165, 1.54) is 74.7 Å². The molecule has 0 spiro atoms. The van der Waals surface area contributed by atoms with Crippen molar-refractivity contribution in [2.45, 2.75) is 0 Å². The summed E-state index contributed by atoms with van der Waals surface area (Å²) in [5.41, 5.74) is 5.15. The first kappa shape index (κ1) is 20.7. The van der Waals surface area contributed by atoms with Gasteiger partial charge in [-0.15, -0.1) is 11.3 Å². The summed E-state index contributed by atoms with van der Waals surface area (Å²) in [5.74, 6) is 0. The Hall–Kier alpha value is -4.46. The predicted octanol–water partition coefficient (Wildman–Crippen LogP) is 10.8. The number of hydrogen-bond donors (Lipinski definition) is 0. The molecule has 37 heavy (non-hydrogen) atoms. The zero-order chi connectivity index (χ0) is 24.3. The summed E-state index contributed by atoms with van der Waals surface area (Å²) in [4.78, 5) is 0. The van der Waals surface area contributed by atoms with Crippen molar-refractivity contribution in [2.75, 3.05) is 0 Å². The van der Waals surface area contributed by atoms with Crippen LogP contribution in [0.15, 0.2) is 133 Å². The molecule has 8 rings (SSSR count). The average Bonchev–Trinajstić information content (AvgIpc) is 3.35. The van der Waals surface area contributed by atoms with Gasteiger partial charge in [-0.25, -0.2) is 0 Å². The molecule has 172 valence electrons. The van der Waals surface area contributed by atoms with Crippen molar-refractivity contribution < 1.29 is 0 Å². The Morgan fingerprint density at radius 1 is 0.351 bits per heavy atom. The molecule has 1 heteroatoms. The molecule has 0 unspecified atom stereocenters. The van der Waals surface area contributed by atoms with Crippen molar-refractivity contribution in [3.05, 3.63) is 133 Å². The summed E-state index contributed by atoms with van der Waals surface area (Å²) in [7, 11) is 0. The first-order chi connectivity index (χ1) is 18.4. The molecule has 0 aliphatic rings. The lowest BCUT2D eigenvalue weighted by Crippen LogP contribution is -1.90. The second-order valence-corrected chi connectivity index (χ2v) is 10.7. The van der Waals surface area contributed by atoms with E-state index < -0.39 is 0 Å². The van der Waals surface area contributed by atoms with E-state index in [4.69, 9.17) is 0 Å². The zero-order valence-corrected chi connectivity index (χ0v) is 20.9. The molecule has 0 saturated carbocycles. The smallest absolute Gasteiger partial charge is 0.0433 e. The Bertz CT molecular complexity index is 2070. The summed E-state index contributed by atoms with van der Waals surface area (Å²) in [6, 6.07) is 48.9. The Labute approximate surface area is 219 Å². The molecule has 0 amide bonds. The van der Waals surface area contributed by atoms with Gasteiger partial charge in [0.25, 0.3) is 0 Å². The Balaban J connectivity index is 1.48. The number of rotatable bonds is 2. The molecule has 0 nitrogen and oxygen atoms in total. The van der Waals surface area contributed by atoms with Gasteiger partial charge in [-0.05, 0) is 66.7 Å². The third-order valence-electron chi connectivity index (χ3n) is 7.64. The van der Waals surface area contributed by atoms with Gasteiger partial charge in [0, 0.05) is 20.2 Å². The fourth-order valence-electron chi connectivity index (χ4n) is 6.02. The van der Waals surface area contributed by atoms with Crippen LogP contribution in [0, 0.1) is 0 Å². The van der Waals surface area contributed by atoms with E-state index in [2.05, 4.69) is 133 Å². The fourth-order valence-corrected chi connectivity index (χ4v) is 7.23. The molecule has 0 N–H and O–H groups in total. The van der Waals surface area contributed by atoms with E-state index in [1.807, 2.05) is 11.3 Å². The number of benzene rings is 7. The largest absolute Gasteiger partial charge is 0.135 e. The minimum atomic E-state index is 1.26. The second-order valence-electron chi connectivity index (χ2n) is 9.68. The molecule has 0 saturated heterocycles. The maximum Gasteiger partial charge on any atom is 0.0433 e. The van der Waals surface area contributed by atoms with E-state index in [1.54, 1.807) is 0 Å². The number of thiophene rings is 1. The molecule has 0 aliphatic carbocycles. The van der Waals surface area contributed by atoms with Crippen molar-refractivity contribution in [2.24, 2.45) is 0 Å². The van der Waals surface area contributed by atoms with Crippen LogP contribution in [0.1, 0.15) is 0 Å². The SMILES string of the molecule is c1ccc(-c2c3ccccc3c(-c3ccc4sc5c6ccccc6ccc5c4c3)c3ccccc23)cc1. The summed E-state index contributed by atoms with van der Waals surface area (Å²) < 4.78 is 2.71. The van der Waals surface area contributed by atoms with Crippen molar-refractivity contribution in [3.8, 4) is 22.3 Å². The third kappa shape index (κ3) is 3.08. The molecular formula is C36H22S. The summed E-state index contributed by atoms with van der Waals surface area (Å²) >= 11 is 1.90. The Kier molecular flexibility index (Phi) is 4.49. The lowest BCUT2D eigenvalue weighted by Gasteiger charge is -2.17. The second kappa shape index (κ2) is 8.03. The monoisotopic (exact) mass is 486 g/mol. The molecule has 1 aromatic heterocycles. The van der Waals surface area contributed by atoms with Gasteiger partial charge in [-0.2, -0.15) is 0 Å². The van der Waals surface area contributed by atoms with Crippen LogP contribution < -0.4 is 0 Å². The van der Waals surface area contributed by atoms with Gasteiger partial charge < -0.3 is 0 Å². The van der Waals surface area contributed by atoms with Gasteiger partial charge >= 0.3 is 0 Å². The van der Waals surface area contributed by atoms with Gasteiger partial charge in [-0.1, -0.05) is 121 Å². The third-order valence-corrected chi connectivity index (χ3v) is 8.86. The van der Waals surface area contributed by atoms with Crippen molar-refractivity contribution in [3.63, 3.8) is 0 Å². The first-order valence-corrected chi connectivity index (χ1v) is 13.5. The van der Waals surface area contributed by atoms with Crippen LogP contribution in [0.25, 0.3) is 74.7 Å². The highest BCUT2D eigenvalue weighted by Gasteiger charge is 2.17. The maximum atomic E-state index is 2.42. The van der Waals surface area contributed by atoms with Crippen LogP contribution in [0.3, 0.4) is 0 Å². The Morgan fingerprint density at radius 2 is 0.919 bits per heavy atom. The minimum absolute atomic E-state index is 1.26. The molecule has 7 aromatic carbocycles. The molecule has 0 aliphatic heterocycles. The highest BCUT2D eigenvalue weighted by atomic mass is 32.1. The number of fused-ring (bicyclic) bond motifs is 7. The van der Waals surface area contributed by atoms with Crippen LogP contribution in [0.4, 0.5) is 0 Å². The predicted molar refractivity (Wildman–Crippen MR) is 163 cm³/mol. The molecule has 1 heterocycles. The topological polar surface area (TPSA) is 0 Å². The first-order valence-electron chi connectivity index (χ1n) is 12.7. The lowest BCUT2D eigenvalue weighted by atomic mass is 9.86. The van der Waals surface area contributed by atoms with Crippen LogP contribution in [0.2, 0.25) is 0 Å². The normalized spacial score (nSPS) is 11.8. The minimum Gasteiger partial charge on any atom is -0.135 e. The zero-order valence-electron chi connectivity index (χ0n) is 20.1. The quantitative estimate of drug-likeness (QED) is 0.213. The van der Waals surface area contributed by atoms with E-state index in [0.29, 0.717) is 0 Å². The molecule has 0 atom stereocenters. The lowest BCUT2D eigenvalue weighted by molar-refractivity contribution is 1.66. The van der Waals surface area contributed by atoms with Crippen LogP contribution >= 0.6 is 11.3 Å². The van der Waals surface area contributed by atoms with Gasteiger partial charge in [0.1, 0.15) is 0 Å². The Morgan fingerprint density at radius 3 is 1.59 bits per heavy atom. The van der Waals surface area contributed by atoms with Crippen molar-refractivity contribution in [1.29, 1.82) is 0 Å². The molecule has 0 fully saturated rings. The van der Waals surface area contributed by atoms with Crippen molar-refractivity contribution >= 4 is 63.8 Å². The maximum absolute atomic E-state index is 2.42. The van der Waals surface area contributed by atoms with E-state index in [0.717, 1.165) is 0 Å². The highest BCUT2D eigenvalue weighted by molar-refractivity contribution is 7.26. The van der Waals surface area contributed by atoms with Gasteiger partial charge in [0.15, 0.2) is 0 Å². The fraction of sp³-hybridized carbons (Fsp3) is 0. The summed E-state index contributed by atoms with van der Waals surface area (Å²) in [6.07, 6.45) is 0. The average molecular weight is 487 g/mol. The van der Waals surface area contributed by atoms with Gasteiger partial charge in [0.05, 0.1) is 0 Å². The molecular weight excluding hydrogens is 464 g/mol. The van der Waals surface area contributed by atoms with E-state index in [9.17, 15) is 0 Å². The number of hydrogen-bond acceptors (Lipinski definition) is 1. The summed E-state index contributed by atoms with van der Waals surface area (Å²) in [6.45, 7) is 0. The molecule has 0 radical (unpaired) electrons. The van der Waals surface area contributed by atoms with Crippen LogP contribution in [0.5, 0.6) is 0 Å². The van der Waals surface area contributed by atoms with Crippen LogP contribution in [-0.2, 0) is 0 Å². The highest BCUT2D eigenvalue weighted by Crippen LogP contribution is 2.45. The van der Waals surface area contributed by atoms with E-state index >= 15 is 0 Å².